The lowest BCUT2D eigenvalue weighted by molar-refractivity contribution is 0.0695. The summed E-state index contributed by atoms with van der Waals surface area (Å²) in [5.41, 5.74) is 6.45. The average molecular weight is 424 g/mol. The van der Waals surface area contributed by atoms with E-state index in [2.05, 4.69) is 24.3 Å². The lowest BCUT2D eigenvalue weighted by Crippen LogP contribution is -2.48. The molecule has 0 bridgehead atoms. The highest BCUT2D eigenvalue weighted by Crippen LogP contribution is 2.30. The van der Waals surface area contributed by atoms with Gasteiger partial charge in [0.25, 0.3) is 0 Å². The Morgan fingerprint density at radius 1 is 1.33 bits per heavy atom. The number of hydrogen-bond donors (Lipinski definition) is 2. The van der Waals surface area contributed by atoms with Gasteiger partial charge in [-0.25, -0.2) is 14.8 Å². The van der Waals surface area contributed by atoms with E-state index in [1.54, 1.807) is 25.4 Å². The highest BCUT2D eigenvalue weighted by Gasteiger charge is 2.31. The van der Waals surface area contributed by atoms with Crippen LogP contribution in [0.4, 0.5) is 11.5 Å². The minimum absolute atomic E-state index is 0.180. The van der Waals surface area contributed by atoms with Gasteiger partial charge in [-0.2, -0.15) is 9.47 Å². The number of carbonyl (C=O) groups is 1. The number of aromatic nitrogens is 6. The number of carboxylic acid groups (broad SMARTS) is 1. The Morgan fingerprint density at radius 2 is 2.13 bits per heavy atom. The third-order valence-electron chi connectivity index (χ3n) is 5.11. The third-order valence-corrected chi connectivity index (χ3v) is 5.78. The normalized spacial score (nSPS) is 14.2. The lowest BCUT2D eigenvalue weighted by atomic mass is 10.1. The molecule has 0 aromatic carbocycles. The first-order chi connectivity index (χ1) is 14.4. The van der Waals surface area contributed by atoms with Crippen molar-refractivity contribution in [3.8, 4) is 5.13 Å². The number of pyridine rings is 2. The van der Waals surface area contributed by atoms with E-state index in [0.717, 1.165) is 11.5 Å². The summed E-state index contributed by atoms with van der Waals surface area (Å²) in [6.45, 7) is 3.15. The van der Waals surface area contributed by atoms with Gasteiger partial charge in [0.1, 0.15) is 17.7 Å². The van der Waals surface area contributed by atoms with Crippen LogP contribution in [0.1, 0.15) is 22.0 Å². The summed E-state index contributed by atoms with van der Waals surface area (Å²) in [5, 5.41) is 14.4. The molecule has 11 nitrogen and oxygen atoms in total. The van der Waals surface area contributed by atoms with Crippen molar-refractivity contribution in [3.63, 3.8) is 0 Å². The second-order valence-corrected chi connectivity index (χ2v) is 7.84. The number of hydrogen-bond acceptors (Lipinski definition) is 9. The van der Waals surface area contributed by atoms with Crippen LogP contribution in [0.5, 0.6) is 0 Å². The van der Waals surface area contributed by atoms with Gasteiger partial charge < -0.3 is 15.7 Å². The van der Waals surface area contributed by atoms with Gasteiger partial charge in [-0.1, -0.05) is 0 Å². The number of aryl methyl sites for hydroxylation is 1. The molecule has 0 saturated carbocycles. The van der Waals surface area contributed by atoms with Crippen LogP contribution in [0.25, 0.3) is 16.2 Å². The van der Waals surface area contributed by atoms with Crippen LogP contribution in [0.15, 0.2) is 35.8 Å². The minimum Gasteiger partial charge on any atom is -0.477 e. The number of fused-ring (bicyclic) bond motifs is 1. The molecule has 0 atom stereocenters. The van der Waals surface area contributed by atoms with Crippen molar-refractivity contribution < 1.29 is 9.90 Å². The summed E-state index contributed by atoms with van der Waals surface area (Å²) in [7, 11) is 0. The molecular weight excluding hydrogens is 408 g/mol. The Labute approximate surface area is 173 Å². The molecule has 1 aliphatic rings. The number of carboxylic acids is 1. The first kappa shape index (κ1) is 18.2. The van der Waals surface area contributed by atoms with Crippen molar-refractivity contribution in [3.05, 3.63) is 52.3 Å². The summed E-state index contributed by atoms with van der Waals surface area (Å²) in [6, 6.07) is 1.98. The molecule has 0 radical (unpaired) electrons. The van der Waals surface area contributed by atoms with Crippen molar-refractivity contribution in [2.24, 2.45) is 0 Å². The zero-order valence-electron chi connectivity index (χ0n) is 15.8. The van der Waals surface area contributed by atoms with Crippen LogP contribution in [0.2, 0.25) is 0 Å². The molecule has 30 heavy (non-hydrogen) atoms. The van der Waals surface area contributed by atoms with E-state index < -0.39 is 11.4 Å². The quantitative estimate of drug-likeness (QED) is 0.491. The van der Waals surface area contributed by atoms with Gasteiger partial charge in [-0.15, -0.1) is 0 Å². The van der Waals surface area contributed by atoms with Crippen LogP contribution in [-0.4, -0.2) is 52.9 Å². The maximum Gasteiger partial charge on any atom is 0.341 e. The van der Waals surface area contributed by atoms with Crippen molar-refractivity contribution in [2.45, 2.75) is 13.0 Å². The van der Waals surface area contributed by atoms with Gasteiger partial charge in [0.2, 0.25) is 10.6 Å². The summed E-state index contributed by atoms with van der Waals surface area (Å²) in [6.07, 6.45) is 6.04. The van der Waals surface area contributed by atoms with Crippen molar-refractivity contribution in [1.82, 2.24) is 28.7 Å². The van der Waals surface area contributed by atoms with Crippen LogP contribution < -0.4 is 16.1 Å². The molecule has 0 spiro atoms. The molecule has 152 valence electrons. The molecule has 0 unspecified atom stereocenters. The second kappa shape index (κ2) is 6.62. The number of nitrogens with two attached hydrogens (primary N) is 1. The van der Waals surface area contributed by atoms with Crippen molar-refractivity contribution in [1.29, 1.82) is 0 Å². The lowest BCUT2D eigenvalue weighted by Gasteiger charge is -2.40. The number of nitrogens with zero attached hydrogens (tertiary/aromatic N) is 7. The number of aromatic carboxylic acids is 1. The molecule has 4 aromatic heterocycles. The predicted octanol–water partition coefficient (Wildman–Crippen LogP) is 1.08. The van der Waals surface area contributed by atoms with Gasteiger partial charge in [-0.05, 0) is 18.6 Å². The summed E-state index contributed by atoms with van der Waals surface area (Å²) in [5.74, 6) is -0.607. The highest BCUT2D eigenvalue weighted by molar-refractivity contribution is 7.08. The molecule has 1 fully saturated rings. The van der Waals surface area contributed by atoms with E-state index in [0.29, 0.717) is 40.9 Å². The van der Waals surface area contributed by atoms with Crippen LogP contribution in [0, 0.1) is 6.92 Å². The molecule has 0 amide bonds. The maximum absolute atomic E-state index is 12.8. The average Bonchev–Trinajstić information content (AvgIpc) is 3.32. The topological polar surface area (TPSA) is 145 Å². The zero-order valence-corrected chi connectivity index (χ0v) is 16.6. The molecule has 4 aromatic rings. The molecular formula is C18H16N8O3S. The predicted molar refractivity (Wildman–Crippen MR) is 110 cm³/mol. The van der Waals surface area contributed by atoms with Crippen LogP contribution in [-0.2, 0) is 0 Å². The number of rotatable bonds is 4. The highest BCUT2D eigenvalue weighted by atomic mass is 32.1. The monoisotopic (exact) mass is 424 g/mol. The van der Waals surface area contributed by atoms with E-state index in [1.165, 1.54) is 17.1 Å². The molecule has 5 rings (SSSR count). The summed E-state index contributed by atoms with van der Waals surface area (Å²) < 4.78 is 7.32. The first-order valence-electron chi connectivity index (χ1n) is 9.04. The Hall–Kier alpha value is -3.80. The summed E-state index contributed by atoms with van der Waals surface area (Å²) in [4.78, 5) is 35.3. The zero-order chi connectivity index (χ0) is 21.0. The van der Waals surface area contributed by atoms with Crippen LogP contribution >= 0.6 is 11.5 Å². The van der Waals surface area contributed by atoms with E-state index in [4.69, 9.17) is 5.73 Å². The molecule has 1 aliphatic heterocycles. The summed E-state index contributed by atoms with van der Waals surface area (Å²) >= 11 is 1.09. The Kier molecular flexibility index (Phi) is 4.03. The van der Waals surface area contributed by atoms with Crippen LogP contribution in [0.3, 0.4) is 0 Å². The van der Waals surface area contributed by atoms with Gasteiger partial charge in [0.15, 0.2) is 5.65 Å². The van der Waals surface area contributed by atoms with E-state index in [1.807, 2.05) is 4.68 Å². The minimum atomic E-state index is -1.30. The van der Waals surface area contributed by atoms with E-state index >= 15 is 0 Å². The van der Waals surface area contributed by atoms with Crippen molar-refractivity contribution >= 4 is 40.0 Å². The number of anilines is 2. The number of nitrogen functional groups attached to an aromatic ring is 1. The van der Waals surface area contributed by atoms with Gasteiger partial charge in [0, 0.05) is 37.0 Å². The standard InChI is InChI=1S/C18H16N8O3S/c1-9-2-13(24-5-11(6-24)26-4-10(19)3-21-26)23-16-14(9)15(27)12(17(28)29)7-25(16)18-20-8-22-30-18/h2-4,7-8,11H,5-6,19H2,1H3,(H,28,29). The molecule has 12 heteroatoms. The SMILES string of the molecule is Cc1cc(N2CC(n3cc(N)cn3)C2)nc2c1c(=O)c(C(=O)O)cn2-c1ncns1. The fraction of sp³-hybridized carbons (Fsp3) is 0.222. The molecule has 5 heterocycles. The Bertz CT molecular complexity index is 1340. The second-order valence-electron chi connectivity index (χ2n) is 7.08. The van der Waals surface area contributed by atoms with E-state index in [9.17, 15) is 14.7 Å². The van der Waals surface area contributed by atoms with Gasteiger partial charge >= 0.3 is 5.97 Å². The third kappa shape index (κ3) is 2.80. The van der Waals surface area contributed by atoms with Crippen molar-refractivity contribution in [2.75, 3.05) is 23.7 Å². The fourth-order valence-corrected chi connectivity index (χ4v) is 4.08. The molecule has 3 N–H and O–H groups in total. The van der Waals surface area contributed by atoms with Gasteiger partial charge in [-0.3, -0.25) is 14.0 Å². The maximum atomic E-state index is 12.8. The largest absolute Gasteiger partial charge is 0.477 e. The Morgan fingerprint density at radius 3 is 2.77 bits per heavy atom. The van der Waals surface area contributed by atoms with Gasteiger partial charge in [0.05, 0.1) is 23.3 Å². The smallest absolute Gasteiger partial charge is 0.341 e. The fourth-order valence-electron chi connectivity index (χ4n) is 3.57. The molecule has 0 aliphatic carbocycles. The van der Waals surface area contributed by atoms with E-state index in [-0.39, 0.29) is 17.0 Å². The Balaban J connectivity index is 1.61. The molecule has 1 saturated heterocycles. The first-order valence-corrected chi connectivity index (χ1v) is 9.81.